The Morgan fingerprint density at radius 3 is 2.88 bits per heavy atom. The summed E-state index contributed by atoms with van der Waals surface area (Å²) in [7, 11) is 1.76. The summed E-state index contributed by atoms with van der Waals surface area (Å²) in [5, 5.41) is 12.8. The number of rotatable bonds is 2. The first-order chi connectivity index (χ1) is 8.10. The van der Waals surface area contributed by atoms with Crippen LogP contribution in [0.25, 0.3) is 0 Å². The molecule has 0 unspecified atom stereocenters. The van der Waals surface area contributed by atoms with Crippen LogP contribution in [-0.2, 0) is 13.6 Å². The average molecular weight is 231 g/mol. The molecule has 0 atom stereocenters. The average Bonchev–Trinajstić information content (AvgIpc) is 2.68. The summed E-state index contributed by atoms with van der Waals surface area (Å²) in [5.74, 6) is 0. The number of aromatic nitrogens is 4. The van der Waals surface area contributed by atoms with Crippen LogP contribution >= 0.6 is 0 Å². The molecule has 0 fully saturated rings. The molecule has 2 rings (SSSR count). The Hall–Kier alpha value is -2.62. The number of nitriles is 1. The van der Waals surface area contributed by atoms with Gasteiger partial charge in [-0.3, -0.25) is 19.0 Å². The molecule has 0 radical (unpaired) electrons. The first-order valence-electron chi connectivity index (χ1n) is 4.82. The minimum atomic E-state index is -0.672. The Morgan fingerprint density at radius 1 is 1.53 bits per heavy atom. The Labute approximate surface area is 95.6 Å². The van der Waals surface area contributed by atoms with Crippen molar-refractivity contribution in [2.24, 2.45) is 7.05 Å². The van der Waals surface area contributed by atoms with Gasteiger partial charge in [0.1, 0.15) is 11.6 Å². The van der Waals surface area contributed by atoms with Crippen LogP contribution in [0.4, 0.5) is 0 Å². The van der Waals surface area contributed by atoms with Gasteiger partial charge in [0.05, 0.1) is 12.2 Å². The number of nitrogens with one attached hydrogen (secondary N) is 1. The van der Waals surface area contributed by atoms with Gasteiger partial charge in [-0.15, -0.1) is 0 Å². The maximum atomic E-state index is 11.5. The van der Waals surface area contributed by atoms with E-state index < -0.39 is 11.2 Å². The SMILES string of the molecule is Cn1ccc(Cn2cc(C#N)c(=O)[nH]c2=O)n1. The first kappa shape index (κ1) is 10.9. The van der Waals surface area contributed by atoms with Gasteiger partial charge in [0, 0.05) is 19.4 Å². The molecule has 0 saturated heterocycles. The number of aryl methyl sites for hydroxylation is 1. The molecule has 0 aliphatic carbocycles. The third-order valence-corrected chi connectivity index (χ3v) is 2.23. The highest BCUT2D eigenvalue weighted by molar-refractivity contribution is 5.22. The van der Waals surface area contributed by atoms with Crippen LogP contribution in [0.15, 0.2) is 28.0 Å². The van der Waals surface area contributed by atoms with E-state index in [0.29, 0.717) is 5.69 Å². The zero-order valence-electron chi connectivity index (χ0n) is 9.04. The summed E-state index contributed by atoms with van der Waals surface area (Å²) in [4.78, 5) is 24.7. The van der Waals surface area contributed by atoms with Crippen molar-refractivity contribution in [3.8, 4) is 6.07 Å². The second-order valence-electron chi connectivity index (χ2n) is 3.52. The monoisotopic (exact) mass is 231 g/mol. The number of hydrogen-bond acceptors (Lipinski definition) is 4. The lowest BCUT2D eigenvalue weighted by molar-refractivity contribution is 0.672. The van der Waals surface area contributed by atoms with E-state index in [2.05, 4.69) is 10.1 Å². The van der Waals surface area contributed by atoms with Crippen LogP contribution in [0, 0.1) is 11.3 Å². The number of aromatic amines is 1. The van der Waals surface area contributed by atoms with Crippen molar-refractivity contribution < 1.29 is 0 Å². The molecule has 86 valence electrons. The Morgan fingerprint density at radius 2 is 2.29 bits per heavy atom. The highest BCUT2D eigenvalue weighted by Gasteiger charge is 2.05. The topological polar surface area (TPSA) is 96.5 Å². The predicted octanol–water partition coefficient (Wildman–Crippen LogP) is -0.810. The number of H-pyrrole nitrogens is 1. The van der Waals surface area contributed by atoms with Gasteiger partial charge >= 0.3 is 5.69 Å². The maximum Gasteiger partial charge on any atom is 0.328 e. The second kappa shape index (κ2) is 4.09. The second-order valence-corrected chi connectivity index (χ2v) is 3.52. The van der Waals surface area contributed by atoms with Gasteiger partial charge in [-0.2, -0.15) is 10.4 Å². The molecule has 0 bridgehead atoms. The maximum absolute atomic E-state index is 11.5. The number of nitrogens with zero attached hydrogens (tertiary/aromatic N) is 4. The van der Waals surface area contributed by atoms with Crippen molar-refractivity contribution >= 4 is 0 Å². The Balaban J connectivity index is 2.43. The summed E-state index contributed by atoms with van der Waals surface area (Å²) in [6.07, 6.45) is 2.98. The Kier molecular flexibility index (Phi) is 2.62. The van der Waals surface area contributed by atoms with Crippen molar-refractivity contribution in [3.05, 3.63) is 50.6 Å². The van der Waals surface area contributed by atoms with E-state index >= 15 is 0 Å². The summed E-state index contributed by atoms with van der Waals surface area (Å²) >= 11 is 0. The molecule has 0 saturated carbocycles. The summed E-state index contributed by atoms with van der Waals surface area (Å²) < 4.78 is 2.85. The van der Waals surface area contributed by atoms with Crippen LogP contribution < -0.4 is 11.2 Å². The standard InChI is InChI=1S/C10H9N5O2/c1-14-3-2-8(13-14)6-15-5-7(4-11)9(16)12-10(15)17/h2-3,5H,6H2,1H3,(H,12,16,17). The van der Waals surface area contributed by atoms with Crippen molar-refractivity contribution in [1.82, 2.24) is 19.3 Å². The third-order valence-electron chi connectivity index (χ3n) is 2.23. The van der Waals surface area contributed by atoms with Gasteiger partial charge in [0.2, 0.25) is 0 Å². The van der Waals surface area contributed by atoms with Gasteiger partial charge in [-0.25, -0.2) is 4.79 Å². The van der Waals surface area contributed by atoms with E-state index in [-0.39, 0.29) is 12.1 Å². The Bertz CT molecular complexity index is 700. The van der Waals surface area contributed by atoms with Gasteiger partial charge in [-0.1, -0.05) is 0 Å². The highest BCUT2D eigenvalue weighted by atomic mass is 16.2. The van der Waals surface area contributed by atoms with E-state index in [1.807, 2.05) is 0 Å². The van der Waals surface area contributed by atoms with Gasteiger partial charge in [0.25, 0.3) is 5.56 Å². The molecule has 0 amide bonds. The van der Waals surface area contributed by atoms with Crippen molar-refractivity contribution in [2.75, 3.05) is 0 Å². The molecule has 0 aliphatic rings. The molecule has 17 heavy (non-hydrogen) atoms. The van der Waals surface area contributed by atoms with Crippen molar-refractivity contribution in [2.45, 2.75) is 6.54 Å². The van der Waals surface area contributed by atoms with E-state index in [0.717, 1.165) is 0 Å². The molecule has 7 heteroatoms. The molecule has 2 aromatic rings. The number of hydrogen-bond donors (Lipinski definition) is 1. The van der Waals surface area contributed by atoms with E-state index in [4.69, 9.17) is 5.26 Å². The fraction of sp³-hybridized carbons (Fsp3) is 0.200. The smallest absolute Gasteiger partial charge is 0.293 e. The van der Waals surface area contributed by atoms with Crippen molar-refractivity contribution in [1.29, 1.82) is 5.26 Å². The normalized spacial score (nSPS) is 10.1. The highest BCUT2D eigenvalue weighted by Crippen LogP contribution is 1.96. The van der Waals surface area contributed by atoms with Crippen LogP contribution in [-0.4, -0.2) is 19.3 Å². The van der Waals surface area contributed by atoms with Crippen LogP contribution in [0.2, 0.25) is 0 Å². The quantitative estimate of drug-likeness (QED) is 0.731. The lowest BCUT2D eigenvalue weighted by atomic mass is 10.3. The lowest BCUT2D eigenvalue weighted by Crippen LogP contribution is -2.31. The predicted molar refractivity (Wildman–Crippen MR) is 58.3 cm³/mol. The zero-order valence-corrected chi connectivity index (χ0v) is 9.04. The minimum Gasteiger partial charge on any atom is -0.293 e. The summed E-state index contributed by atoms with van der Waals surface area (Å²) in [6.45, 7) is 0.213. The largest absolute Gasteiger partial charge is 0.328 e. The zero-order chi connectivity index (χ0) is 12.4. The van der Waals surface area contributed by atoms with Crippen molar-refractivity contribution in [3.63, 3.8) is 0 Å². The minimum absolute atomic E-state index is 0.0967. The first-order valence-corrected chi connectivity index (χ1v) is 4.82. The summed E-state index contributed by atoms with van der Waals surface area (Å²) in [6, 6.07) is 3.48. The van der Waals surface area contributed by atoms with E-state index in [9.17, 15) is 9.59 Å². The molecule has 2 heterocycles. The molecule has 0 aliphatic heterocycles. The van der Waals surface area contributed by atoms with Gasteiger partial charge in [-0.05, 0) is 6.07 Å². The van der Waals surface area contributed by atoms with Crippen LogP contribution in [0.1, 0.15) is 11.3 Å². The molecular formula is C10H9N5O2. The molecule has 0 spiro atoms. The van der Waals surface area contributed by atoms with E-state index in [1.165, 1.54) is 10.8 Å². The molecule has 2 aromatic heterocycles. The molecule has 7 nitrogen and oxygen atoms in total. The molecular weight excluding hydrogens is 222 g/mol. The van der Waals surface area contributed by atoms with Gasteiger partial charge < -0.3 is 0 Å². The van der Waals surface area contributed by atoms with Gasteiger partial charge in [0.15, 0.2) is 0 Å². The molecule has 0 aromatic carbocycles. The van der Waals surface area contributed by atoms with E-state index in [1.54, 1.807) is 30.1 Å². The molecule has 1 N–H and O–H groups in total. The van der Waals surface area contributed by atoms with Crippen LogP contribution in [0.3, 0.4) is 0 Å². The summed E-state index contributed by atoms with van der Waals surface area (Å²) in [5.41, 5.74) is -0.652. The van der Waals surface area contributed by atoms with Crippen LogP contribution in [0.5, 0.6) is 0 Å². The lowest BCUT2D eigenvalue weighted by Gasteiger charge is -2.02. The third kappa shape index (κ3) is 2.15. The fourth-order valence-electron chi connectivity index (χ4n) is 1.43. The fourth-order valence-corrected chi connectivity index (χ4v) is 1.43.